The van der Waals surface area contributed by atoms with Crippen LogP contribution in [0.1, 0.15) is 50.7 Å². The maximum Gasteiger partial charge on any atom is 0.291 e. The van der Waals surface area contributed by atoms with Crippen LogP contribution in [0.2, 0.25) is 0 Å². The van der Waals surface area contributed by atoms with Gasteiger partial charge in [-0.25, -0.2) is 4.68 Å². The molecule has 0 aromatic carbocycles. The number of aryl methyl sites for hydroxylation is 2. The molecule has 0 spiro atoms. The van der Waals surface area contributed by atoms with Crippen molar-refractivity contribution in [3.05, 3.63) is 33.2 Å². The Morgan fingerprint density at radius 2 is 2.07 bits per heavy atom. The number of fused-ring (bicyclic) bond motifs is 3. The normalized spacial score (nSPS) is 22.8. The smallest absolute Gasteiger partial charge is 0.291 e. The van der Waals surface area contributed by atoms with Crippen LogP contribution in [0.25, 0.3) is 15.7 Å². The van der Waals surface area contributed by atoms with Gasteiger partial charge in [0.2, 0.25) is 5.91 Å². The minimum Gasteiger partial charge on any atom is -0.351 e. The first kappa shape index (κ1) is 19.2. The Morgan fingerprint density at radius 1 is 1.29 bits per heavy atom. The number of hydrogen-bond acceptors (Lipinski definition) is 4. The van der Waals surface area contributed by atoms with Crippen molar-refractivity contribution in [3.63, 3.8) is 0 Å². The van der Waals surface area contributed by atoms with Gasteiger partial charge in [-0.1, -0.05) is 33.6 Å². The summed E-state index contributed by atoms with van der Waals surface area (Å²) in [6, 6.07) is 4.20. The number of rotatable bonds is 4. The molecule has 1 fully saturated rings. The molecule has 6 nitrogen and oxygen atoms in total. The highest BCUT2D eigenvalue weighted by atomic mass is 32.1. The summed E-state index contributed by atoms with van der Waals surface area (Å²) in [7, 11) is 0. The minimum atomic E-state index is -0.210. The van der Waals surface area contributed by atoms with E-state index in [1.807, 2.05) is 17.4 Å². The number of amides is 1. The molecule has 1 N–H and O–H groups in total. The summed E-state index contributed by atoms with van der Waals surface area (Å²) in [5.74, 6) is 1.74. The van der Waals surface area contributed by atoms with Crippen molar-refractivity contribution in [1.82, 2.24) is 19.5 Å². The summed E-state index contributed by atoms with van der Waals surface area (Å²) in [6.45, 7) is 8.51. The summed E-state index contributed by atoms with van der Waals surface area (Å²) in [5.41, 5.74) is 1.42. The van der Waals surface area contributed by atoms with E-state index < -0.39 is 0 Å². The zero-order chi connectivity index (χ0) is 20.0. The fourth-order valence-corrected chi connectivity index (χ4v) is 5.37. The van der Waals surface area contributed by atoms with Crippen molar-refractivity contribution in [2.75, 3.05) is 0 Å². The Morgan fingerprint density at radius 3 is 2.82 bits per heavy atom. The molecule has 1 saturated carbocycles. The first-order chi connectivity index (χ1) is 13.4. The predicted molar refractivity (Wildman–Crippen MR) is 113 cm³/mol. The molecule has 28 heavy (non-hydrogen) atoms. The van der Waals surface area contributed by atoms with Crippen molar-refractivity contribution >= 4 is 33.0 Å². The van der Waals surface area contributed by atoms with Crippen LogP contribution >= 0.6 is 11.3 Å². The Hall–Kier alpha value is -2.15. The average molecular weight is 401 g/mol. The summed E-state index contributed by atoms with van der Waals surface area (Å²) < 4.78 is 4.36. The van der Waals surface area contributed by atoms with E-state index in [0.29, 0.717) is 23.8 Å². The fourth-order valence-electron chi connectivity index (χ4n) is 4.42. The SMILES string of the molecule is CCc1nn(CC(=O)N[C@@H]2CCC[C@@H](C)[C@@H]2C)c(=O)c2cc3sc(C)cc3n12. The summed E-state index contributed by atoms with van der Waals surface area (Å²) >= 11 is 1.67. The van der Waals surface area contributed by atoms with Gasteiger partial charge in [-0.2, -0.15) is 5.10 Å². The van der Waals surface area contributed by atoms with Gasteiger partial charge in [0, 0.05) is 17.3 Å². The molecule has 0 aliphatic heterocycles. The van der Waals surface area contributed by atoms with Gasteiger partial charge in [-0.15, -0.1) is 11.3 Å². The Labute approximate surface area is 168 Å². The standard InChI is InChI=1S/C21H28N4O2S/c1-5-19-23-24(11-20(26)22-15-8-6-7-12(2)14(15)4)21(27)17-10-18-16(25(17)19)9-13(3)28-18/h9-10,12,14-15H,5-8,11H2,1-4H3,(H,22,26)/t12-,14+,15-/m1/s1. The maximum atomic E-state index is 13.0. The van der Waals surface area contributed by atoms with Crippen molar-refractivity contribution < 1.29 is 4.79 Å². The first-order valence-corrected chi connectivity index (χ1v) is 11.0. The van der Waals surface area contributed by atoms with Crippen LogP contribution in [0.4, 0.5) is 0 Å². The van der Waals surface area contributed by atoms with Crippen LogP contribution in [0.3, 0.4) is 0 Å². The van der Waals surface area contributed by atoms with Gasteiger partial charge in [-0.05, 0) is 37.3 Å². The van der Waals surface area contributed by atoms with E-state index in [4.69, 9.17) is 0 Å². The second-order valence-corrected chi connectivity index (χ2v) is 9.43. The number of aromatic nitrogens is 3. The van der Waals surface area contributed by atoms with E-state index in [0.717, 1.165) is 28.9 Å². The van der Waals surface area contributed by atoms with E-state index in [2.05, 4.69) is 37.3 Å². The molecule has 0 bridgehead atoms. The number of hydrogen-bond donors (Lipinski definition) is 1. The lowest BCUT2D eigenvalue weighted by molar-refractivity contribution is -0.123. The van der Waals surface area contributed by atoms with Gasteiger partial charge in [0.25, 0.3) is 5.56 Å². The molecule has 0 unspecified atom stereocenters. The van der Waals surface area contributed by atoms with Crippen molar-refractivity contribution in [1.29, 1.82) is 0 Å². The number of nitrogens with zero attached hydrogens (tertiary/aromatic N) is 3. The van der Waals surface area contributed by atoms with Gasteiger partial charge >= 0.3 is 0 Å². The van der Waals surface area contributed by atoms with Crippen LogP contribution in [0.5, 0.6) is 0 Å². The third-order valence-electron chi connectivity index (χ3n) is 6.22. The molecule has 1 aliphatic carbocycles. The third-order valence-corrected chi connectivity index (χ3v) is 7.21. The van der Waals surface area contributed by atoms with Crippen LogP contribution in [-0.4, -0.2) is 26.1 Å². The molecule has 0 radical (unpaired) electrons. The van der Waals surface area contributed by atoms with Gasteiger partial charge in [0.15, 0.2) is 0 Å². The fraction of sp³-hybridized carbons (Fsp3) is 0.571. The van der Waals surface area contributed by atoms with Gasteiger partial charge in [0.05, 0.1) is 10.2 Å². The van der Waals surface area contributed by atoms with Crippen LogP contribution < -0.4 is 10.9 Å². The highest BCUT2D eigenvalue weighted by Gasteiger charge is 2.28. The first-order valence-electron chi connectivity index (χ1n) is 10.2. The van der Waals surface area contributed by atoms with E-state index in [-0.39, 0.29) is 24.1 Å². The van der Waals surface area contributed by atoms with Gasteiger partial charge in [0.1, 0.15) is 17.9 Å². The molecule has 1 amide bonds. The highest BCUT2D eigenvalue weighted by molar-refractivity contribution is 7.19. The summed E-state index contributed by atoms with van der Waals surface area (Å²) in [4.78, 5) is 26.9. The van der Waals surface area contributed by atoms with Gasteiger partial charge in [-0.3, -0.25) is 14.0 Å². The predicted octanol–water partition coefficient (Wildman–Crippen LogP) is 3.52. The molecule has 0 saturated heterocycles. The van der Waals surface area contributed by atoms with E-state index in [9.17, 15) is 9.59 Å². The Balaban J connectivity index is 1.64. The Kier molecular flexibility index (Phi) is 5.04. The molecule has 7 heteroatoms. The molecule has 150 valence electrons. The van der Waals surface area contributed by atoms with Crippen molar-refractivity contribution in [2.24, 2.45) is 11.8 Å². The quantitative estimate of drug-likeness (QED) is 0.728. The monoisotopic (exact) mass is 400 g/mol. The molecule has 3 aromatic rings. The summed E-state index contributed by atoms with van der Waals surface area (Å²) in [6.07, 6.45) is 4.05. The molecule has 3 heterocycles. The van der Waals surface area contributed by atoms with Crippen molar-refractivity contribution in [3.8, 4) is 0 Å². The largest absolute Gasteiger partial charge is 0.351 e. The average Bonchev–Trinajstić information content (AvgIpc) is 3.18. The lowest BCUT2D eigenvalue weighted by Crippen LogP contribution is -2.46. The minimum absolute atomic E-state index is 0.0300. The second kappa shape index (κ2) is 7.35. The number of carbonyl (C=O) groups excluding carboxylic acids is 1. The molecule has 3 aromatic heterocycles. The molecule has 3 atom stereocenters. The number of nitrogens with one attached hydrogen (secondary N) is 1. The number of thiophene rings is 1. The molecular formula is C21H28N4O2S. The molecule has 4 rings (SSSR count). The molecular weight excluding hydrogens is 372 g/mol. The highest BCUT2D eigenvalue weighted by Crippen LogP contribution is 2.30. The van der Waals surface area contributed by atoms with Crippen LogP contribution in [0, 0.1) is 18.8 Å². The zero-order valence-electron chi connectivity index (χ0n) is 17.0. The topological polar surface area (TPSA) is 68.4 Å². The van der Waals surface area contributed by atoms with Crippen LogP contribution in [-0.2, 0) is 17.8 Å². The summed E-state index contributed by atoms with van der Waals surface area (Å²) in [5, 5.41) is 7.67. The van der Waals surface area contributed by atoms with E-state index >= 15 is 0 Å². The maximum absolute atomic E-state index is 13.0. The van der Waals surface area contributed by atoms with Crippen molar-refractivity contribution in [2.45, 2.75) is 66.0 Å². The van der Waals surface area contributed by atoms with Crippen LogP contribution in [0.15, 0.2) is 16.9 Å². The lowest BCUT2D eigenvalue weighted by atomic mass is 9.78. The number of carbonyl (C=O) groups is 1. The van der Waals surface area contributed by atoms with Gasteiger partial charge < -0.3 is 5.32 Å². The Bertz CT molecular complexity index is 1090. The third kappa shape index (κ3) is 3.26. The zero-order valence-corrected chi connectivity index (χ0v) is 17.8. The van der Waals surface area contributed by atoms with E-state index in [1.165, 1.54) is 16.0 Å². The second-order valence-electron chi connectivity index (χ2n) is 8.15. The van der Waals surface area contributed by atoms with E-state index in [1.54, 1.807) is 11.3 Å². The molecule has 1 aliphatic rings. The lowest BCUT2D eigenvalue weighted by Gasteiger charge is -2.34.